The number of carbonyl (C=O) groups excluding carboxylic acids is 2. The van der Waals surface area contributed by atoms with Crippen molar-refractivity contribution in [2.45, 2.75) is 239 Å². The summed E-state index contributed by atoms with van der Waals surface area (Å²) in [5.74, 6) is 1.31. The molecule has 0 aliphatic carbocycles. The first-order valence-electron chi connectivity index (χ1n) is 25.5. The molecule has 0 aromatic carbocycles. The zero-order chi connectivity index (χ0) is 42.7. The molecule has 1 rings (SSSR count). The van der Waals surface area contributed by atoms with Crippen molar-refractivity contribution in [3.8, 4) is 0 Å². The highest BCUT2D eigenvalue weighted by atomic mass is 16.7. The van der Waals surface area contributed by atoms with Crippen molar-refractivity contribution in [2.24, 2.45) is 11.8 Å². The topological polar surface area (TPSA) is 92.8 Å². The first-order chi connectivity index (χ1) is 29.0. The normalized spacial score (nSPS) is 13.7. The molecule has 1 fully saturated rings. The molecule has 0 N–H and O–H groups in total. The van der Waals surface area contributed by atoms with E-state index in [4.69, 9.17) is 28.4 Å². The Morgan fingerprint density at radius 1 is 0.424 bits per heavy atom. The molecule has 1 aliphatic heterocycles. The van der Waals surface area contributed by atoms with E-state index in [1.54, 1.807) is 0 Å². The summed E-state index contributed by atoms with van der Waals surface area (Å²) in [7, 11) is 0. The largest absolute Gasteiger partial charge is 0.508 e. The Morgan fingerprint density at radius 3 is 1.22 bits per heavy atom. The standard InChI is InChI=1S/C50H97NO8/c1-5-9-19-29-46(30-20-10-6-2)35-42-57-49(52)55-40-27-17-14-13-15-23-33-48(59-45-54-44-39-51-37-25-26-38-51)34-24-16-18-28-41-56-50(53)58-43-36-47(31-21-11-7-3)32-22-12-8-4/h46-48H,5-45H2,1-4H3. The molecule has 0 amide bonds. The minimum absolute atomic E-state index is 0.211. The van der Waals surface area contributed by atoms with Crippen molar-refractivity contribution in [1.82, 2.24) is 4.90 Å². The lowest BCUT2D eigenvalue weighted by molar-refractivity contribution is -0.0968. The molecule has 1 unspecified atom stereocenters. The summed E-state index contributed by atoms with van der Waals surface area (Å²) in [4.78, 5) is 26.8. The predicted octanol–water partition coefficient (Wildman–Crippen LogP) is 14.8. The Kier molecular flexibility index (Phi) is 40.5. The Bertz CT molecular complexity index is 880. The van der Waals surface area contributed by atoms with Gasteiger partial charge in [0, 0.05) is 6.54 Å². The van der Waals surface area contributed by atoms with E-state index in [2.05, 4.69) is 32.6 Å². The van der Waals surface area contributed by atoms with E-state index in [1.807, 2.05) is 0 Å². The molecule has 0 spiro atoms. The molecule has 350 valence electrons. The van der Waals surface area contributed by atoms with Gasteiger partial charge in [-0.2, -0.15) is 0 Å². The fourth-order valence-electron chi connectivity index (χ4n) is 8.33. The van der Waals surface area contributed by atoms with Crippen molar-refractivity contribution < 1.29 is 38.0 Å². The maximum Gasteiger partial charge on any atom is 0.508 e. The quantitative estimate of drug-likeness (QED) is 0.0338. The molecule has 0 bridgehead atoms. The number of ether oxygens (including phenoxy) is 6. The predicted molar refractivity (Wildman–Crippen MR) is 244 cm³/mol. The Hall–Kier alpha value is -1.58. The van der Waals surface area contributed by atoms with Gasteiger partial charge in [-0.15, -0.1) is 0 Å². The fraction of sp³-hybridized carbons (Fsp3) is 0.960. The van der Waals surface area contributed by atoms with Gasteiger partial charge in [-0.25, -0.2) is 9.59 Å². The zero-order valence-corrected chi connectivity index (χ0v) is 39.4. The third-order valence-corrected chi connectivity index (χ3v) is 12.3. The number of likely N-dealkylation sites (tertiary alicyclic amines) is 1. The van der Waals surface area contributed by atoms with Gasteiger partial charge in [-0.05, 0) is 76.3 Å². The van der Waals surface area contributed by atoms with Crippen LogP contribution in [-0.4, -0.2) is 82.8 Å². The average Bonchev–Trinajstić information content (AvgIpc) is 3.76. The van der Waals surface area contributed by atoms with Gasteiger partial charge in [0.1, 0.15) is 6.79 Å². The van der Waals surface area contributed by atoms with Crippen LogP contribution < -0.4 is 0 Å². The maximum absolute atomic E-state index is 12.2. The lowest BCUT2D eigenvalue weighted by Crippen LogP contribution is -2.25. The summed E-state index contributed by atoms with van der Waals surface area (Å²) in [6.45, 7) is 15.3. The maximum atomic E-state index is 12.2. The monoisotopic (exact) mass is 840 g/mol. The van der Waals surface area contributed by atoms with Gasteiger partial charge in [0.15, 0.2) is 0 Å². The molecule has 1 saturated heterocycles. The van der Waals surface area contributed by atoms with Crippen molar-refractivity contribution >= 4 is 12.3 Å². The highest BCUT2D eigenvalue weighted by Crippen LogP contribution is 2.23. The second kappa shape index (κ2) is 43.1. The summed E-state index contributed by atoms with van der Waals surface area (Å²) in [5, 5.41) is 0. The minimum Gasteiger partial charge on any atom is -0.434 e. The molecule has 9 nitrogen and oxygen atoms in total. The lowest BCUT2D eigenvalue weighted by atomic mass is 9.92. The van der Waals surface area contributed by atoms with Gasteiger partial charge in [0.2, 0.25) is 0 Å². The van der Waals surface area contributed by atoms with Gasteiger partial charge in [0.25, 0.3) is 0 Å². The van der Waals surface area contributed by atoms with Crippen LogP contribution in [0.25, 0.3) is 0 Å². The molecular weight excluding hydrogens is 743 g/mol. The van der Waals surface area contributed by atoms with Crippen LogP contribution in [0.3, 0.4) is 0 Å². The van der Waals surface area contributed by atoms with Crippen LogP contribution in [0.4, 0.5) is 9.59 Å². The number of hydrogen-bond donors (Lipinski definition) is 0. The number of carbonyl (C=O) groups is 2. The first kappa shape index (κ1) is 55.4. The molecule has 1 atom stereocenters. The molecular formula is C50H97NO8. The zero-order valence-electron chi connectivity index (χ0n) is 39.4. The molecule has 0 saturated carbocycles. The van der Waals surface area contributed by atoms with E-state index < -0.39 is 12.3 Å². The highest BCUT2D eigenvalue weighted by molar-refractivity contribution is 5.60. The summed E-state index contributed by atoms with van der Waals surface area (Å²) in [6, 6.07) is 0. The van der Waals surface area contributed by atoms with Crippen LogP contribution in [0.5, 0.6) is 0 Å². The number of rotatable bonds is 44. The van der Waals surface area contributed by atoms with Crippen molar-refractivity contribution in [3.05, 3.63) is 0 Å². The summed E-state index contributed by atoms with van der Waals surface area (Å²) in [6.07, 6.45) is 36.7. The Labute approximate surface area is 364 Å². The third kappa shape index (κ3) is 36.8. The van der Waals surface area contributed by atoms with Crippen molar-refractivity contribution in [3.63, 3.8) is 0 Å². The lowest BCUT2D eigenvalue weighted by Gasteiger charge is -2.19. The van der Waals surface area contributed by atoms with Crippen LogP contribution in [0.1, 0.15) is 233 Å². The van der Waals surface area contributed by atoms with Gasteiger partial charge in [-0.3, -0.25) is 0 Å². The van der Waals surface area contributed by atoms with Crippen molar-refractivity contribution in [1.29, 1.82) is 0 Å². The summed E-state index contributed by atoms with van der Waals surface area (Å²) < 4.78 is 33.8. The molecule has 0 aromatic rings. The molecule has 1 aliphatic rings. The van der Waals surface area contributed by atoms with E-state index in [0.29, 0.717) is 45.1 Å². The second-order valence-corrected chi connectivity index (χ2v) is 17.7. The van der Waals surface area contributed by atoms with Crippen LogP contribution >= 0.6 is 0 Å². The highest BCUT2D eigenvalue weighted by Gasteiger charge is 2.15. The van der Waals surface area contributed by atoms with E-state index in [-0.39, 0.29) is 6.10 Å². The minimum atomic E-state index is -0.512. The van der Waals surface area contributed by atoms with Gasteiger partial charge in [-0.1, -0.05) is 182 Å². The van der Waals surface area contributed by atoms with E-state index in [0.717, 1.165) is 90.2 Å². The smallest absolute Gasteiger partial charge is 0.434 e. The van der Waals surface area contributed by atoms with Crippen molar-refractivity contribution in [2.75, 3.05) is 59.5 Å². The number of nitrogens with zero attached hydrogens (tertiary/aromatic N) is 1. The average molecular weight is 840 g/mol. The number of hydrogen-bond acceptors (Lipinski definition) is 9. The van der Waals surface area contributed by atoms with E-state index in [1.165, 1.54) is 142 Å². The van der Waals surface area contributed by atoms with Crippen LogP contribution in [0, 0.1) is 11.8 Å². The van der Waals surface area contributed by atoms with E-state index >= 15 is 0 Å². The Morgan fingerprint density at radius 2 is 0.797 bits per heavy atom. The second-order valence-electron chi connectivity index (χ2n) is 17.7. The summed E-state index contributed by atoms with van der Waals surface area (Å²) in [5.41, 5.74) is 0. The van der Waals surface area contributed by atoms with Crippen LogP contribution in [0.15, 0.2) is 0 Å². The fourth-order valence-corrected chi connectivity index (χ4v) is 8.33. The molecule has 0 radical (unpaired) electrons. The van der Waals surface area contributed by atoms with Crippen LogP contribution in [0.2, 0.25) is 0 Å². The van der Waals surface area contributed by atoms with Gasteiger partial charge < -0.3 is 33.3 Å². The molecule has 1 heterocycles. The molecule has 59 heavy (non-hydrogen) atoms. The molecule has 0 aromatic heterocycles. The first-order valence-corrected chi connectivity index (χ1v) is 25.5. The van der Waals surface area contributed by atoms with Gasteiger partial charge >= 0.3 is 12.3 Å². The number of unbranched alkanes of at least 4 members (excludes halogenated alkanes) is 16. The van der Waals surface area contributed by atoms with Gasteiger partial charge in [0.05, 0.1) is 39.1 Å². The SMILES string of the molecule is CCCCCC(CCCCC)CCOC(=O)OCCCCCCCCC(CCCCCCOC(=O)OCCC(CCCCC)CCCCC)OCOCCN1CCCC1. The third-order valence-electron chi connectivity index (χ3n) is 12.3. The Balaban J connectivity index is 2.21. The summed E-state index contributed by atoms with van der Waals surface area (Å²) >= 11 is 0. The van der Waals surface area contributed by atoms with Crippen LogP contribution in [-0.2, 0) is 28.4 Å². The van der Waals surface area contributed by atoms with E-state index in [9.17, 15) is 9.59 Å². The molecule has 9 heteroatoms.